The van der Waals surface area contributed by atoms with Crippen LogP contribution < -0.4 is 0 Å². The fourth-order valence-electron chi connectivity index (χ4n) is 0.783. The van der Waals surface area contributed by atoms with E-state index in [1.54, 1.807) is 0 Å². The van der Waals surface area contributed by atoms with E-state index in [1.165, 1.54) is 0 Å². The number of carbonyl (C=O) groups is 1. The van der Waals surface area contributed by atoms with Crippen molar-refractivity contribution in [2.75, 3.05) is 0 Å². The maximum atomic E-state index is 13.1. The maximum Gasteiger partial charge on any atom is 0.362 e. The smallest absolute Gasteiger partial charge is 0.362 e. The minimum Gasteiger partial charge on any atom is -0.478 e. The summed E-state index contributed by atoms with van der Waals surface area (Å²) in [6.45, 7) is 0. The highest BCUT2D eigenvalue weighted by atomic mass is 35.5. The number of alkyl halides is 2. The van der Waals surface area contributed by atoms with Gasteiger partial charge < -0.3 is 5.11 Å². The molecule has 1 aromatic carbocycles. The zero-order valence-corrected chi connectivity index (χ0v) is 7.05. The van der Waals surface area contributed by atoms with Crippen LogP contribution >= 0.6 is 11.6 Å². The van der Waals surface area contributed by atoms with Gasteiger partial charge in [0.1, 0.15) is 5.82 Å². The molecule has 1 unspecified atom stereocenters. The van der Waals surface area contributed by atoms with E-state index in [0.717, 1.165) is 24.3 Å². The number of hydrogen-bond donors (Lipinski definition) is 1. The second-order valence-corrected chi connectivity index (χ2v) is 2.91. The van der Waals surface area contributed by atoms with Crippen molar-refractivity contribution in [3.05, 3.63) is 35.6 Å². The van der Waals surface area contributed by atoms with Crippen molar-refractivity contribution >= 4 is 17.6 Å². The van der Waals surface area contributed by atoms with Crippen LogP contribution in [0.3, 0.4) is 0 Å². The standard InChI is InChI=1S/C8H5ClF2O2/c9-8(11,7(12)13)5-1-3-6(10)4-2-5/h1-4H,(H,12,13). The molecular weight excluding hydrogens is 202 g/mol. The molecule has 0 saturated heterocycles. The highest BCUT2D eigenvalue weighted by Gasteiger charge is 2.38. The fourth-order valence-corrected chi connectivity index (χ4v) is 0.909. The Balaban J connectivity index is 3.08. The summed E-state index contributed by atoms with van der Waals surface area (Å²) in [4.78, 5) is 10.3. The van der Waals surface area contributed by atoms with E-state index >= 15 is 0 Å². The summed E-state index contributed by atoms with van der Waals surface area (Å²) < 4.78 is 25.5. The lowest BCUT2D eigenvalue weighted by Gasteiger charge is -2.11. The molecule has 0 radical (unpaired) electrons. The summed E-state index contributed by atoms with van der Waals surface area (Å²) in [5, 5.41) is 5.37. The third-order valence-corrected chi connectivity index (χ3v) is 1.86. The summed E-state index contributed by atoms with van der Waals surface area (Å²) in [6.07, 6.45) is 0. The van der Waals surface area contributed by atoms with Crippen LogP contribution in [-0.4, -0.2) is 11.1 Å². The van der Waals surface area contributed by atoms with Crippen molar-refractivity contribution in [2.24, 2.45) is 0 Å². The molecule has 1 N–H and O–H groups in total. The highest BCUT2D eigenvalue weighted by molar-refractivity contribution is 6.32. The molecule has 1 rings (SSSR count). The van der Waals surface area contributed by atoms with Crippen LogP contribution in [0.15, 0.2) is 24.3 Å². The van der Waals surface area contributed by atoms with Gasteiger partial charge in [-0.05, 0) is 12.1 Å². The normalized spacial score (nSPS) is 15.0. The lowest BCUT2D eigenvalue weighted by Crippen LogP contribution is -2.23. The van der Waals surface area contributed by atoms with Crippen LogP contribution in [0.25, 0.3) is 0 Å². The average molecular weight is 207 g/mol. The van der Waals surface area contributed by atoms with Gasteiger partial charge >= 0.3 is 11.1 Å². The Hall–Kier alpha value is -1.16. The van der Waals surface area contributed by atoms with Gasteiger partial charge in [-0.1, -0.05) is 23.7 Å². The molecule has 0 aliphatic carbocycles. The van der Waals surface area contributed by atoms with E-state index in [9.17, 15) is 13.6 Å². The molecule has 0 saturated carbocycles. The van der Waals surface area contributed by atoms with Crippen molar-refractivity contribution in [3.63, 3.8) is 0 Å². The lowest BCUT2D eigenvalue weighted by molar-refractivity contribution is -0.145. The maximum absolute atomic E-state index is 13.1. The first-order chi connectivity index (χ1) is 5.94. The first kappa shape index (κ1) is 9.92. The van der Waals surface area contributed by atoms with Crippen LogP contribution in [0.5, 0.6) is 0 Å². The van der Waals surface area contributed by atoms with E-state index in [1.807, 2.05) is 0 Å². The van der Waals surface area contributed by atoms with Crippen molar-refractivity contribution in [1.82, 2.24) is 0 Å². The Labute approximate surface area is 77.8 Å². The number of carboxylic acid groups (broad SMARTS) is 1. The predicted molar refractivity (Wildman–Crippen MR) is 42.7 cm³/mol. The molecule has 0 heterocycles. The Morgan fingerprint density at radius 3 is 2.23 bits per heavy atom. The van der Waals surface area contributed by atoms with Crippen LogP contribution in [-0.2, 0) is 9.92 Å². The molecule has 0 amide bonds. The monoisotopic (exact) mass is 206 g/mol. The Bertz CT molecular complexity index is 321. The number of hydrogen-bond acceptors (Lipinski definition) is 1. The summed E-state index contributed by atoms with van der Waals surface area (Å²) in [5.41, 5.74) is -0.303. The molecule has 0 spiro atoms. The fraction of sp³-hybridized carbons (Fsp3) is 0.125. The van der Waals surface area contributed by atoms with Crippen molar-refractivity contribution in [3.8, 4) is 0 Å². The summed E-state index contributed by atoms with van der Waals surface area (Å²) >= 11 is 5.06. The van der Waals surface area contributed by atoms with Crippen molar-refractivity contribution in [2.45, 2.75) is 5.13 Å². The van der Waals surface area contributed by atoms with Gasteiger partial charge in [0.2, 0.25) is 0 Å². The highest BCUT2D eigenvalue weighted by Crippen LogP contribution is 2.30. The molecule has 13 heavy (non-hydrogen) atoms. The SMILES string of the molecule is O=C(O)C(F)(Cl)c1ccc(F)cc1. The van der Waals surface area contributed by atoms with Gasteiger partial charge in [0.05, 0.1) is 0 Å². The van der Waals surface area contributed by atoms with Gasteiger partial charge in [0, 0.05) is 5.56 Å². The van der Waals surface area contributed by atoms with Crippen molar-refractivity contribution < 1.29 is 18.7 Å². The number of aliphatic carboxylic acids is 1. The zero-order valence-electron chi connectivity index (χ0n) is 6.30. The molecule has 0 aromatic heterocycles. The molecular formula is C8H5ClF2O2. The molecule has 5 heteroatoms. The number of carboxylic acids is 1. The van der Waals surface area contributed by atoms with Gasteiger partial charge in [0.25, 0.3) is 0 Å². The molecule has 0 aliphatic heterocycles. The van der Waals surface area contributed by atoms with Gasteiger partial charge in [-0.25, -0.2) is 13.6 Å². The molecule has 1 aromatic rings. The second kappa shape index (κ2) is 3.30. The Morgan fingerprint density at radius 2 is 1.85 bits per heavy atom. The first-order valence-electron chi connectivity index (χ1n) is 3.32. The van der Waals surface area contributed by atoms with Gasteiger partial charge in [0.15, 0.2) is 0 Å². The van der Waals surface area contributed by atoms with Gasteiger partial charge in [-0.15, -0.1) is 0 Å². The number of benzene rings is 1. The second-order valence-electron chi connectivity index (χ2n) is 2.39. The minimum atomic E-state index is -2.99. The van der Waals surface area contributed by atoms with E-state index in [4.69, 9.17) is 16.7 Å². The largest absolute Gasteiger partial charge is 0.478 e. The van der Waals surface area contributed by atoms with Crippen LogP contribution in [0, 0.1) is 5.82 Å². The van der Waals surface area contributed by atoms with Crippen LogP contribution in [0.2, 0.25) is 0 Å². The summed E-state index contributed by atoms with van der Waals surface area (Å²) in [6, 6.07) is 3.84. The predicted octanol–water partition coefficient (Wildman–Crippen LogP) is 2.27. The average Bonchev–Trinajstić information content (AvgIpc) is 2.04. The summed E-state index contributed by atoms with van der Waals surface area (Å²) in [7, 11) is 0. The van der Waals surface area contributed by atoms with Gasteiger partial charge in [-0.3, -0.25) is 0 Å². The van der Waals surface area contributed by atoms with Crippen LogP contribution in [0.1, 0.15) is 5.56 Å². The molecule has 0 bridgehead atoms. The Morgan fingerprint density at radius 1 is 1.38 bits per heavy atom. The summed E-state index contributed by atoms with van der Waals surface area (Å²) in [5.74, 6) is -2.40. The molecule has 0 aliphatic rings. The topological polar surface area (TPSA) is 37.3 Å². The lowest BCUT2D eigenvalue weighted by atomic mass is 10.1. The number of halogens is 3. The third-order valence-electron chi connectivity index (χ3n) is 1.48. The quantitative estimate of drug-likeness (QED) is 0.754. The first-order valence-corrected chi connectivity index (χ1v) is 3.69. The zero-order chi connectivity index (χ0) is 10.1. The van der Waals surface area contributed by atoms with Crippen LogP contribution in [0.4, 0.5) is 8.78 Å². The molecule has 2 nitrogen and oxygen atoms in total. The van der Waals surface area contributed by atoms with E-state index in [0.29, 0.717) is 0 Å². The molecule has 70 valence electrons. The van der Waals surface area contributed by atoms with E-state index in [2.05, 4.69) is 0 Å². The van der Waals surface area contributed by atoms with E-state index in [-0.39, 0.29) is 5.56 Å². The molecule has 0 fully saturated rings. The number of rotatable bonds is 2. The third kappa shape index (κ3) is 1.95. The van der Waals surface area contributed by atoms with Crippen molar-refractivity contribution in [1.29, 1.82) is 0 Å². The molecule has 1 atom stereocenters. The van der Waals surface area contributed by atoms with E-state index < -0.39 is 16.9 Å². The minimum absolute atomic E-state index is 0.303. The van der Waals surface area contributed by atoms with Gasteiger partial charge in [-0.2, -0.15) is 0 Å². The Kier molecular flexibility index (Phi) is 2.52.